The largest absolute Gasteiger partial charge is 0.324 e. The van der Waals surface area contributed by atoms with Crippen molar-refractivity contribution in [3.8, 4) is 0 Å². The fourth-order valence-electron chi connectivity index (χ4n) is 3.02. The molecule has 1 saturated heterocycles. The second kappa shape index (κ2) is 7.59. The Labute approximate surface area is 141 Å². The topological polar surface area (TPSA) is 45.2 Å². The van der Waals surface area contributed by atoms with Gasteiger partial charge in [0.25, 0.3) is 0 Å². The minimum atomic E-state index is -0.0131. The fraction of sp³-hybridized carbons (Fsp3) is 0.444. The Kier molecular flexibility index (Phi) is 5.28. The van der Waals surface area contributed by atoms with Gasteiger partial charge in [0.15, 0.2) is 5.13 Å². The Morgan fingerprint density at radius 1 is 1.30 bits per heavy atom. The third-order valence-corrected chi connectivity index (χ3v) is 5.29. The lowest BCUT2D eigenvalue weighted by Gasteiger charge is -2.31. The van der Waals surface area contributed by atoms with Crippen molar-refractivity contribution in [1.29, 1.82) is 0 Å². The number of carbonyl (C=O) groups excluding carboxylic acids is 1. The molecule has 1 aliphatic rings. The predicted octanol–water partition coefficient (Wildman–Crippen LogP) is 4.33. The maximum atomic E-state index is 12.2. The van der Waals surface area contributed by atoms with Gasteiger partial charge in [0.1, 0.15) is 0 Å². The van der Waals surface area contributed by atoms with Gasteiger partial charge in [-0.25, -0.2) is 9.78 Å². The van der Waals surface area contributed by atoms with E-state index in [1.807, 2.05) is 17.2 Å². The van der Waals surface area contributed by atoms with Crippen molar-refractivity contribution >= 4 is 22.5 Å². The summed E-state index contributed by atoms with van der Waals surface area (Å²) in [6.45, 7) is 3.62. The van der Waals surface area contributed by atoms with Crippen LogP contribution in [0.15, 0.2) is 35.7 Å². The van der Waals surface area contributed by atoms with Crippen molar-refractivity contribution in [2.24, 2.45) is 5.92 Å². The van der Waals surface area contributed by atoms with Gasteiger partial charge in [-0.1, -0.05) is 30.3 Å². The van der Waals surface area contributed by atoms with Crippen molar-refractivity contribution in [1.82, 2.24) is 9.88 Å². The average molecular weight is 329 g/mol. The van der Waals surface area contributed by atoms with E-state index in [1.54, 1.807) is 0 Å². The summed E-state index contributed by atoms with van der Waals surface area (Å²) in [5.74, 6) is 0.723. The van der Waals surface area contributed by atoms with E-state index in [9.17, 15) is 4.79 Å². The first-order chi connectivity index (χ1) is 11.2. The number of likely N-dealkylation sites (tertiary alicyclic amines) is 1. The van der Waals surface area contributed by atoms with Gasteiger partial charge in [-0.3, -0.25) is 5.32 Å². The molecule has 4 nitrogen and oxygen atoms in total. The smallest absolute Gasteiger partial charge is 0.323 e. The molecule has 1 aromatic heterocycles. The van der Waals surface area contributed by atoms with Crippen LogP contribution in [-0.4, -0.2) is 29.0 Å². The number of hydrogen-bond donors (Lipinski definition) is 1. The molecule has 0 aliphatic carbocycles. The van der Waals surface area contributed by atoms with E-state index in [2.05, 4.69) is 40.6 Å². The molecule has 1 N–H and O–H groups in total. The number of aryl methyl sites for hydroxylation is 2. The zero-order chi connectivity index (χ0) is 16.1. The molecule has 3 rings (SSSR count). The molecular formula is C18H23N3OS. The van der Waals surface area contributed by atoms with Crippen LogP contribution in [0.2, 0.25) is 0 Å². The highest BCUT2D eigenvalue weighted by molar-refractivity contribution is 7.13. The fourth-order valence-corrected chi connectivity index (χ4v) is 3.70. The molecule has 23 heavy (non-hydrogen) atoms. The summed E-state index contributed by atoms with van der Waals surface area (Å²) >= 11 is 1.48. The number of hydrogen-bond acceptors (Lipinski definition) is 3. The van der Waals surface area contributed by atoms with Gasteiger partial charge in [0.2, 0.25) is 0 Å². The van der Waals surface area contributed by atoms with E-state index in [4.69, 9.17) is 0 Å². The van der Waals surface area contributed by atoms with Crippen molar-refractivity contribution in [3.63, 3.8) is 0 Å². The highest BCUT2D eigenvalue weighted by atomic mass is 32.1. The third kappa shape index (κ3) is 4.55. The van der Waals surface area contributed by atoms with Gasteiger partial charge in [0.05, 0.1) is 5.69 Å². The average Bonchev–Trinajstić information content (AvgIpc) is 2.99. The van der Waals surface area contributed by atoms with E-state index in [-0.39, 0.29) is 6.03 Å². The summed E-state index contributed by atoms with van der Waals surface area (Å²) in [5, 5.41) is 5.54. The summed E-state index contributed by atoms with van der Waals surface area (Å²) in [7, 11) is 0. The summed E-state index contributed by atoms with van der Waals surface area (Å²) in [6, 6.07) is 10.6. The molecule has 1 aromatic carbocycles. The number of piperidine rings is 1. The van der Waals surface area contributed by atoms with Crippen LogP contribution in [0.4, 0.5) is 9.93 Å². The molecule has 0 saturated carbocycles. The Morgan fingerprint density at radius 2 is 2.04 bits per heavy atom. The van der Waals surface area contributed by atoms with E-state index in [1.165, 1.54) is 23.3 Å². The molecule has 0 unspecified atom stereocenters. The molecule has 2 heterocycles. The number of rotatable bonds is 4. The van der Waals surface area contributed by atoms with Crippen LogP contribution >= 0.6 is 11.3 Å². The maximum absolute atomic E-state index is 12.2. The Morgan fingerprint density at radius 3 is 2.70 bits per heavy atom. The molecule has 1 aliphatic heterocycles. The van der Waals surface area contributed by atoms with Crippen LogP contribution in [0.1, 0.15) is 30.5 Å². The van der Waals surface area contributed by atoms with Crippen molar-refractivity contribution < 1.29 is 4.79 Å². The number of nitrogens with zero attached hydrogens (tertiary/aromatic N) is 2. The molecule has 0 radical (unpaired) electrons. The third-order valence-electron chi connectivity index (χ3n) is 4.42. The van der Waals surface area contributed by atoms with Crippen LogP contribution in [0.3, 0.4) is 0 Å². The lowest BCUT2D eigenvalue weighted by atomic mass is 9.91. The minimum absolute atomic E-state index is 0.0131. The SMILES string of the molecule is Cc1csc(NC(=O)N2CCC(CCc3ccccc3)CC2)n1. The number of nitrogens with one attached hydrogen (secondary N) is 1. The molecule has 2 aromatic rings. The Balaban J connectivity index is 1.42. The monoisotopic (exact) mass is 329 g/mol. The van der Waals surface area contributed by atoms with Gasteiger partial charge in [-0.2, -0.15) is 0 Å². The molecule has 0 atom stereocenters. The number of benzene rings is 1. The Hall–Kier alpha value is -1.88. The Bertz CT molecular complexity index is 633. The van der Waals surface area contributed by atoms with Crippen LogP contribution in [0, 0.1) is 12.8 Å². The molecule has 1 fully saturated rings. The van der Waals surface area contributed by atoms with Crippen molar-refractivity contribution in [2.75, 3.05) is 18.4 Å². The van der Waals surface area contributed by atoms with Gasteiger partial charge in [-0.15, -0.1) is 11.3 Å². The summed E-state index contributed by atoms with van der Waals surface area (Å²) in [5.41, 5.74) is 2.36. The number of urea groups is 1. The minimum Gasteiger partial charge on any atom is -0.324 e. The second-order valence-corrected chi connectivity index (χ2v) is 7.04. The highest BCUT2D eigenvalue weighted by Crippen LogP contribution is 2.23. The van der Waals surface area contributed by atoms with E-state index >= 15 is 0 Å². The first-order valence-electron chi connectivity index (χ1n) is 8.22. The second-order valence-electron chi connectivity index (χ2n) is 6.18. The van der Waals surface area contributed by atoms with Crippen LogP contribution in [-0.2, 0) is 6.42 Å². The first-order valence-corrected chi connectivity index (χ1v) is 9.10. The molecule has 2 amide bonds. The lowest BCUT2D eigenvalue weighted by molar-refractivity contribution is 0.180. The maximum Gasteiger partial charge on any atom is 0.323 e. The molecule has 0 spiro atoms. The number of thiazole rings is 1. The van der Waals surface area contributed by atoms with Crippen LogP contribution in [0.5, 0.6) is 0 Å². The normalized spacial score (nSPS) is 15.6. The zero-order valence-corrected chi connectivity index (χ0v) is 14.3. The standard InChI is InChI=1S/C18H23N3OS/c1-14-13-23-17(19-14)20-18(22)21-11-9-16(10-12-21)8-7-15-5-3-2-4-6-15/h2-6,13,16H,7-12H2,1H3,(H,19,20,22). The molecule has 5 heteroatoms. The van der Waals surface area contributed by atoms with E-state index < -0.39 is 0 Å². The van der Waals surface area contributed by atoms with Gasteiger partial charge in [0, 0.05) is 18.5 Å². The van der Waals surface area contributed by atoms with Gasteiger partial charge >= 0.3 is 6.03 Å². The molecular weight excluding hydrogens is 306 g/mol. The highest BCUT2D eigenvalue weighted by Gasteiger charge is 2.23. The number of aromatic nitrogens is 1. The van der Waals surface area contributed by atoms with Gasteiger partial charge in [-0.05, 0) is 44.1 Å². The predicted molar refractivity (Wildman–Crippen MR) is 94.9 cm³/mol. The number of anilines is 1. The van der Waals surface area contributed by atoms with Crippen LogP contribution in [0.25, 0.3) is 0 Å². The quantitative estimate of drug-likeness (QED) is 0.907. The lowest BCUT2D eigenvalue weighted by Crippen LogP contribution is -2.41. The summed E-state index contributed by atoms with van der Waals surface area (Å²) in [4.78, 5) is 18.4. The van der Waals surface area contributed by atoms with Crippen LogP contribution < -0.4 is 5.32 Å². The summed E-state index contributed by atoms with van der Waals surface area (Å²) < 4.78 is 0. The van der Waals surface area contributed by atoms with Gasteiger partial charge < -0.3 is 4.90 Å². The number of carbonyl (C=O) groups is 1. The first kappa shape index (κ1) is 16.0. The van der Waals surface area contributed by atoms with E-state index in [0.29, 0.717) is 5.13 Å². The number of amides is 2. The summed E-state index contributed by atoms with van der Waals surface area (Å²) in [6.07, 6.45) is 4.54. The van der Waals surface area contributed by atoms with E-state index in [0.717, 1.165) is 44.0 Å². The zero-order valence-electron chi connectivity index (χ0n) is 13.5. The molecule has 122 valence electrons. The molecule has 0 bridgehead atoms. The van der Waals surface area contributed by atoms with Crippen molar-refractivity contribution in [2.45, 2.75) is 32.6 Å². The van der Waals surface area contributed by atoms with Crippen molar-refractivity contribution in [3.05, 3.63) is 47.0 Å².